The second-order valence-electron chi connectivity index (χ2n) is 4.42. The van der Waals surface area contributed by atoms with Crippen molar-refractivity contribution in [2.24, 2.45) is 0 Å². The van der Waals surface area contributed by atoms with Crippen LogP contribution in [0.4, 0.5) is 4.39 Å². The van der Waals surface area contributed by atoms with Gasteiger partial charge in [0.15, 0.2) is 0 Å². The van der Waals surface area contributed by atoms with Crippen molar-refractivity contribution in [3.05, 3.63) is 68.9 Å². The number of benzene rings is 2. The van der Waals surface area contributed by atoms with E-state index in [1.54, 1.807) is 42.3 Å². The van der Waals surface area contributed by atoms with Gasteiger partial charge in [-0.2, -0.15) is 0 Å². The molecule has 20 heavy (non-hydrogen) atoms. The van der Waals surface area contributed by atoms with Gasteiger partial charge < -0.3 is 4.90 Å². The number of hydrogen-bond acceptors (Lipinski definition) is 1. The number of carbonyl (C=O) groups excluding carboxylic acids is 1. The summed E-state index contributed by atoms with van der Waals surface area (Å²) in [6, 6.07) is 11.1. The molecule has 0 aliphatic rings. The molecule has 0 saturated carbocycles. The molecule has 0 unspecified atom stereocenters. The first-order valence-corrected chi connectivity index (χ1v) is 7.09. The van der Waals surface area contributed by atoms with Gasteiger partial charge in [-0.05, 0) is 51.8 Å². The van der Waals surface area contributed by atoms with Crippen molar-refractivity contribution < 1.29 is 9.18 Å². The number of rotatable bonds is 3. The largest absolute Gasteiger partial charge is 0.337 e. The lowest BCUT2D eigenvalue weighted by molar-refractivity contribution is 0.0785. The van der Waals surface area contributed by atoms with Gasteiger partial charge in [0.2, 0.25) is 0 Å². The maximum atomic E-state index is 12.8. The lowest BCUT2D eigenvalue weighted by Crippen LogP contribution is -2.26. The highest BCUT2D eigenvalue weighted by Crippen LogP contribution is 2.24. The van der Waals surface area contributed by atoms with Gasteiger partial charge in [-0.1, -0.05) is 23.7 Å². The fourth-order valence-corrected chi connectivity index (χ4v) is 2.21. The van der Waals surface area contributed by atoms with Crippen LogP contribution in [-0.2, 0) is 6.54 Å². The third kappa shape index (κ3) is 3.58. The van der Waals surface area contributed by atoms with Gasteiger partial charge >= 0.3 is 0 Å². The Labute approximate surface area is 130 Å². The highest BCUT2D eigenvalue weighted by Gasteiger charge is 2.13. The Morgan fingerprint density at radius 2 is 1.90 bits per heavy atom. The van der Waals surface area contributed by atoms with Crippen LogP contribution in [-0.4, -0.2) is 17.9 Å². The third-order valence-corrected chi connectivity index (χ3v) is 4.08. The number of hydrogen-bond donors (Lipinski definition) is 0. The van der Waals surface area contributed by atoms with Gasteiger partial charge in [0, 0.05) is 23.6 Å². The second kappa shape index (κ2) is 6.37. The molecule has 2 rings (SSSR count). The maximum absolute atomic E-state index is 12.8. The number of amides is 1. The molecular weight excluding hydrogens is 345 g/mol. The average molecular weight is 357 g/mol. The standard InChI is InChI=1S/C15H12BrClFNO/c1-19(9-10-2-5-12(18)6-3-10)15(20)11-4-7-13(16)14(17)8-11/h2-8H,9H2,1H3. The minimum absolute atomic E-state index is 0.135. The Morgan fingerprint density at radius 1 is 1.25 bits per heavy atom. The monoisotopic (exact) mass is 355 g/mol. The topological polar surface area (TPSA) is 20.3 Å². The van der Waals surface area contributed by atoms with Crippen molar-refractivity contribution in [1.29, 1.82) is 0 Å². The summed E-state index contributed by atoms with van der Waals surface area (Å²) < 4.78 is 13.6. The van der Waals surface area contributed by atoms with E-state index in [-0.39, 0.29) is 11.7 Å². The molecule has 104 valence electrons. The van der Waals surface area contributed by atoms with Crippen molar-refractivity contribution in [1.82, 2.24) is 4.90 Å². The van der Waals surface area contributed by atoms with E-state index in [0.29, 0.717) is 17.1 Å². The van der Waals surface area contributed by atoms with E-state index in [1.165, 1.54) is 12.1 Å². The molecule has 2 aromatic carbocycles. The van der Waals surface area contributed by atoms with Crippen molar-refractivity contribution in [2.75, 3.05) is 7.05 Å². The van der Waals surface area contributed by atoms with Crippen molar-refractivity contribution in [3.63, 3.8) is 0 Å². The molecule has 0 bridgehead atoms. The van der Waals surface area contributed by atoms with Crippen LogP contribution < -0.4 is 0 Å². The Kier molecular flexibility index (Phi) is 4.78. The SMILES string of the molecule is CN(Cc1ccc(F)cc1)C(=O)c1ccc(Br)c(Cl)c1. The maximum Gasteiger partial charge on any atom is 0.253 e. The summed E-state index contributed by atoms with van der Waals surface area (Å²) in [6.45, 7) is 0.410. The minimum Gasteiger partial charge on any atom is -0.337 e. The highest BCUT2D eigenvalue weighted by atomic mass is 79.9. The van der Waals surface area contributed by atoms with E-state index >= 15 is 0 Å². The molecule has 0 N–H and O–H groups in total. The van der Waals surface area contributed by atoms with E-state index in [0.717, 1.165) is 10.0 Å². The molecule has 0 heterocycles. The predicted octanol–water partition coefficient (Wildman–Crippen LogP) is 4.51. The van der Waals surface area contributed by atoms with E-state index < -0.39 is 0 Å². The molecule has 0 aliphatic carbocycles. The summed E-state index contributed by atoms with van der Waals surface area (Å²) >= 11 is 9.26. The third-order valence-electron chi connectivity index (χ3n) is 2.85. The van der Waals surface area contributed by atoms with E-state index in [9.17, 15) is 9.18 Å². The number of nitrogens with zero attached hydrogens (tertiary/aromatic N) is 1. The smallest absolute Gasteiger partial charge is 0.253 e. The fourth-order valence-electron chi connectivity index (χ4n) is 1.79. The van der Waals surface area contributed by atoms with Gasteiger partial charge in [-0.3, -0.25) is 4.79 Å². The lowest BCUT2D eigenvalue weighted by atomic mass is 10.1. The van der Waals surface area contributed by atoms with Crippen molar-refractivity contribution in [3.8, 4) is 0 Å². The molecule has 0 spiro atoms. The quantitative estimate of drug-likeness (QED) is 0.792. The molecule has 0 fully saturated rings. The first-order valence-electron chi connectivity index (χ1n) is 5.92. The van der Waals surface area contributed by atoms with Gasteiger partial charge in [0.25, 0.3) is 5.91 Å². The average Bonchev–Trinajstić information content (AvgIpc) is 2.43. The summed E-state index contributed by atoms with van der Waals surface area (Å²) in [5, 5.41) is 0.492. The minimum atomic E-state index is -0.289. The Hall–Kier alpha value is -1.39. The highest BCUT2D eigenvalue weighted by molar-refractivity contribution is 9.10. The predicted molar refractivity (Wildman–Crippen MR) is 81.3 cm³/mol. The summed E-state index contributed by atoms with van der Waals surface area (Å²) in [6.07, 6.45) is 0. The van der Waals surface area contributed by atoms with Crippen molar-refractivity contribution in [2.45, 2.75) is 6.54 Å². The molecule has 0 saturated heterocycles. The van der Waals surface area contributed by atoms with Gasteiger partial charge in [0.1, 0.15) is 5.82 Å². The van der Waals surface area contributed by atoms with Crippen LogP contribution in [0.15, 0.2) is 46.9 Å². The van der Waals surface area contributed by atoms with Crippen LogP contribution in [0.25, 0.3) is 0 Å². The van der Waals surface area contributed by atoms with Crippen LogP contribution in [0.5, 0.6) is 0 Å². The summed E-state index contributed by atoms with van der Waals surface area (Å²) in [7, 11) is 1.70. The zero-order valence-electron chi connectivity index (χ0n) is 10.7. The molecule has 2 nitrogen and oxygen atoms in total. The molecule has 0 aromatic heterocycles. The first-order chi connectivity index (χ1) is 9.47. The first kappa shape index (κ1) is 15.0. The molecule has 1 amide bonds. The van der Waals surface area contributed by atoms with Gasteiger partial charge in [-0.15, -0.1) is 0 Å². The summed E-state index contributed by atoms with van der Waals surface area (Å²) in [5.74, 6) is -0.425. The Balaban J connectivity index is 2.11. The molecule has 5 heteroatoms. The fraction of sp³-hybridized carbons (Fsp3) is 0.133. The van der Waals surface area contributed by atoms with E-state index in [2.05, 4.69) is 15.9 Å². The number of halogens is 3. The molecule has 0 radical (unpaired) electrons. The zero-order chi connectivity index (χ0) is 14.7. The van der Waals surface area contributed by atoms with Crippen LogP contribution >= 0.6 is 27.5 Å². The molecule has 2 aromatic rings. The second-order valence-corrected chi connectivity index (χ2v) is 5.68. The Morgan fingerprint density at radius 3 is 2.50 bits per heavy atom. The normalized spacial score (nSPS) is 10.4. The van der Waals surface area contributed by atoms with Crippen LogP contribution in [0.1, 0.15) is 15.9 Å². The summed E-state index contributed by atoms with van der Waals surface area (Å²) in [4.78, 5) is 13.8. The van der Waals surface area contributed by atoms with Gasteiger partial charge in [-0.25, -0.2) is 4.39 Å². The Bertz CT molecular complexity index is 630. The van der Waals surface area contributed by atoms with Crippen LogP contribution in [0.2, 0.25) is 5.02 Å². The molecular formula is C15H12BrClFNO. The van der Waals surface area contributed by atoms with Gasteiger partial charge in [0.05, 0.1) is 5.02 Å². The lowest BCUT2D eigenvalue weighted by Gasteiger charge is -2.17. The van der Waals surface area contributed by atoms with E-state index in [4.69, 9.17) is 11.6 Å². The molecule has 0 aliphatic heterocycles. The molecule has 0 atom stereocenters. The van der Waals surface area contributed by atoms with Crippen LogP contribution in [0.3, 0.4) is 0 Å². The van der Waals surface area contributed by atoms with Crippen LogP contribution in [0, 0.1) is 5.82 Å². The number of carbonyl (C=O) groups is 1. The zero-order valence-corrected chi connectivity index (χ0v) is 13.1. The van der Waals surface area contributed by atoms with Crippen molar-refractivity contribution >= 4 is 33.4 Å². The van der Waals surface area contributed by atoms with E-state index in [1.807, 2.05) is 0 Å². The summed E-state index contributed by atoms with van der Waals surface area (Å²) in [5.41, 5.74) is 1.38.